The average molecular weight is 231 g/mol. The van der Waals surface area contributed by atoms with E-state index in [9.17, 15) is 9.59 Å². The Balaban J connectivity index is 0. The number of hydrogen-bond donors (Lipinski definition) is 3. The number of urea groups is 2. The van der Waals surface area contributed by atoms with Crippen LogP contribution >= 0.6 is 0 Å². The predicted molar refractivity (Wildman–Crippen MR) is 59.1 cm³/mol. The zero-order chi connectivity index (χ0) is 13.3. The summed E-state index contributed by atoms with van der Waals surface area (Å²) in [5, 5.41) is 12.4. The van der Waals surface area contributed by atoms with E-state index >= 15 is 0 Å². The molecule has 0 atom stereocenters. The molecular weight excluding hydrogens is 214 g/mol. The first-order valence-electron chi connectivity index (χ1n) is 4.12. The molecule has 9 nitrogen and oxygen atoms in total. The molecule has 9 heteroatoms. The van der Waals surface area contributed by atoms with E-state index in [2.05, 4.69) is 21.7 Å². The number of carbonyl (C=O) groups excluding carboxylic acids is 2. The molecule has 0 saturated heterocycles. The molecule has 16 heavy (non-hydrogen) atoms. The summed E-state index contributed by atoms with van der Waals surface area (Å²) in [6.45, 7) is 0. The highest BCUT2D eigenvalue weighted by Crippen LogP contribution is 1.89. The summed E-state index contributed by atoms with van der Waals surface area (Å²) in [5.41, 5.74) is 8.94. The number of hydrogen-bond acceptors (Lipinski definition) is 3. The van der Waals surface area contributed by atoms with Crippen LogP contribution < -0.4 is 11.5 Å². The third-order valence-corrected chi connectivity index (χ3v) is 0.986. The van der Waals surface area contributed by atoms with Crippen LogP contribution in [0.2, 0.25) is 0 Å². The van der Waals surface area contributed by atoms with Crippen molar-refractivity contribution in [3.8, 4) is 0 Å². The van der Waals surface area contributed by atoms with Crippen molar-refractivity contribution in [1.82, 2.24) is 9.80 Å². The van der Waals surface area contributed by atoms with Gasteiger partial charge in [0.1, 0.15) is 0 Å². The SMILES string of the molecule is CN(C)C(=O)N=NC(=O)N(C)C.N=C(N)N. The van der Waals surface area contributed by atoms with Gasteiger partial charge in [-0.3, -0.25) is 5.41 Å². The van der Waals surface area contributed by atoms with Gasteiger partial charge in [-0.15, -0.1) is 0 Å². The number of amides is 4. The number of azo groups is 1. The van der Waals surface area contributed by atoms with Crippen LogP contribution in [0.1, 0.15) is 0 Å². The standard InChI is InChI=1S/C6H12N4O2.CH5N3/c1-9(2)5(11)7-8-6(12)10(3)4;2-1(3)4/h1-4H3;(H5,2,3,4). The van der Waals surface area contributed by atoms with Gasteiger partial charge >= 0.3 is 12.1 Å². The van der Waals surface area contributed by atoms with Crippen molar-refractivity contribution in [3.05, 3.63) is 0 Å². The van der Waals surface area contributed by atoms with Crippen LogP contribution in [0.25, 0.3) is 0 Å². The molecule has 0 aliphatic carbocycles. The third kappa shape index (κ3) is 11.8. The molecule has 0 aromatic rings. The highest BCUT2D eigenvalue weighted by atomic mass is 16.2. The van der Waals surface area contributed by atoms with E-state index in [1.54, 1.807) is 0 Å². The van der Waals surface area contributed by atoms with Gasteiger partial charge in [0.05, 0.1) is 0 Å². The number of carbonyl (C=O) groups is 2. The first-order chi connectivity index (χ1) is 7.18. The summed E-state index contributed by atoms with van der Waals surface area (Å²) in [6.07, 6.45) is 0. The molecule has 0 rings (SSSR count). The van der Waals surface area contributed by atoms with Gasteiger partial charge < -0.3 is 21.3 Å². The number of nitrogens with zero attached hydrogens (tertiary/aromatic N) is 4. The highest BCUT2D eigenvalue weighted by molar-refractivity contribution is 5.79. The molecule has 0 saturated carbocycles. The van der Waals surface area contributed by atoms with Gasteiger partial charge in [0.15, 0.2) is 5.96 Å². The van der Waals surface area contributed by atoms with Gasteiger partial charge in [-0.05, 0) is 0 Å². The molecule has 0 bridgehead atoms. The molecule has 0 aromatic carbocycles. The molecule has 0 aliphatic heterocycles. The Kier molecular flexibility index (Phi) is 8.27. The van der Waals surface area contributed by atoms with Gasteiger partial charge in [0, 0.05) is 28.2 Å². The van der Waals surface area contributed by atoms with E-state index in [1.807, 2.05) is 0 Å². The van der Waals surface area contributed by atoms with Crippen molar-refractivity contribution in [2.24, 2.45) is 21.7 Å². The number of nitrogens with two attached hydrogens (primary N) is 2. The number of guanidine groups is 1. The molecule has 0 heterocycles. The molecule has 0 fully saturated rings. The molecular formula is C7H17N7O2. The topological polar surface area (TPSA) is 141 Å². The van der Waals surface area contributed by atoms with Crippen LogP contribution in [0.4, 0.5) is 9.59 Å². The maximum Gasteiger partial charge on any atom is 0.361 e. The highest BCUT2D eigenvalue weighted by Gasteiger charge is 2.03. The zero-order valence-corrected chi connectivity index (χ0v) is 9.76. The largest absolute Gasteiger partial charge is 0.370 e. The van der Waals surface area contributed by atoms with Gasteiger partial charge in [0.25, 0.3) is 0 Å². The van der Waals surface area contributed by atoms with Gasteiger partial charge in [-0.1, -0.05) is 10.2 Å². The minimum Gasteiger partial charge on any atom is -0.370 e. The van der Waals surface area contributed by atoms with Crippen LogP contribution in [0.15, 0.2) is 10.2 Å². The third-order valence-electron chi connectivity index (χ3n) is 0.986. The van der Waals surface area contributed by atoms with E-state index in [1.165, 1.54) is 38.0 Å². The molecule has 0 unspecified atom stereocenters. The molecule has 0 radical (unpaired) electrons. The average Bonchev–Trinajstić information content (AvgIpc) is 2.12. The lowest BCUT2D eigenvalue weighted by atomic mass is 10.8. The fraction of sp³-hybridized carbons (Fsp3) is 0.571. The normalized spacial score (nSPS) is 9.00. The number of nitrogens with one attached hydrogen (secondary N) is 1. The van der Waals surface area contributed by atoms with E-state index in [-0.39, 0.29) is 5.96 Å². The molecule has 5 N–H and O–H groups in total. The molecule has 0 spiro atoms. The summed E-state index contributed by atoms with van der Waals surface area (Å²) in [5.74, 6) is -0.333. The Morgan fingerprint density at radius 3 is 1.25 bits per heavy atom. The van der Waals surface area contributed by atoms with E-state index < -0.39 is 12.1 Å². The summed E-state index contributed by atoms with van der Waals surface area (Å²) in [6, 6.07) is -1.10. The predicted octanol–water partition coefficient (Wildman–Crippen LogP) is -0.360. The van der Waals surface area contributed by atoms with Crippen LogP contribution in [0, 0.1) is 5.41 Å². The lowest BCUT2D eigenvalue weighted by molar-refractivity contribution is 0.218. The van der Waals surface area contributed by atoms with Crippen molar-refractivity contribution < 1.29 is 9.59 Å². The van der Waals surface area contributed by atoms with Crippen LogP contribution in [0.3, 0.4) is 0 Å². The lowest BCUT2D eigenvalue weighted by Crippen LogP contribution is -2.20. The molecule has 92 valence electrons. The first-order valence-corrected chi connectivity index (χ1v) is 4.12. The fourth-order valence-corrected chi connectivity index (χ4v) is 0.264. The first kappa shape index (κ1) is 16.2. The Morgan fingerprint density at radius 1 is 0.938 bits per heavy atom. The fourth-order valence-electron chi connectivity index (χ4n) is 0.264. The van der Waals surface area contributed by atoms with Crippen molar-refractivity contribution in [2.75, 3.05) is 28.2 Å². The van der Waals surface area contributed by atoms with Gasteiger partial charge in [-0.25, -0.2) is 9.59 Å². The van der Waals surface area contributed by atoms with E-state index in [0.29, 0.717) is 0 Å². The second-order valence-corrected chi connectivity index (χ2v) is 3.01. The quantitative estimate of drug-likeness (QED) is 0.297. The van der Waals surface area contributed by atoms with E-state index in [0.717, 1.165) is 0 Å². The second kappa shape index (κ2) is 8.15. The van der Waals surface area contributed by atoms with Crippen LogP contribution in [-0.2, 0) is 0 Å². The summed E-state index contributed by atoms with van der Waals surface area (Å²) in [4.78, 5) is 24.0. The number of rotatable bonds is 0. The Hall–Kier alpha value is -2.19. The van der Waals surface area contributed by atoms with Crippen molar-refractivity contribution in [2.45, 2.75) is 0 Å². The van der Waals surface area contributed by atoms with Crippen molar-refractivity contribution in [1.29, 1.82) is 5.41 Å². The zero-order valence-electron chi connectivity index (χ0n) is 9.76. The summed E-state index contributed by atoms with van der Waals surface area (Å²) >= 11 is 0. The van der Waals surface area contributed by atoms with Gasteiger partial charge in [-0.2, -0.15) is 0 Å². The second-order valence-electron chi connectivity index (χ2n) is 3.01. The summed E-state index contributed by atoms with van der Waals surface area (Å²) < 4.78 is 0. The van der Waals surface area contributed by atoms with E-state index in [4.69, 9.17) is 5.41 Å². The summed E-state index contributed by atoms with van der Waals surface area (Å²) in [7, 11) is 6.12. The van der Waals surface area contributed by atoms with Gasteiger partial charge in [0.2, 0.25) is 0 Å². The van der Waals surface area contributed by atoms with Crippen LogP contribution in [-0.4, -0.2) is 56.0 Å². The van der Waals surface area contributed by atoms with Crippen molar-refractivity contribution in [3.63, 3.8) is 0 Å². The van der Waals surface area contributed by atoms with Crippen LogP contribution in [0.5, 0.6) is 0 Å². The monoisotopic (exact) mass is 231 g/mol. The maximum absolute atomic E-state index is 10.8. The molecule has 0 aliphatic rings. The van der Waals surface area contributed by atoms with Crippen molar-refractivity contribution >= 4 is 18.0 Å². The Morgan fingerprint density at radius 2 is 1.12 bits per heavy atom. The maximum atomic E-state index is 10.8. The minimum absolute atomic E-state index is 0.333. The molecule has 4 amide bonds. The smallest absolute Gasteiger partial charge is 0.361 e. The minimum atomic E-state index is -0.551. The lowest BCUT2D eigenvalue weighted by Gasteiger charge is -2.05. The Labute approximate surface area is 93.6 Å². The Bertz CT molecular complexity index is 258. The molecule has 0 aromatic heterocycles.